The molecule has 1 aliphatic heterocycles. The van der Waals surface area contributed by atoms with E-state index in [-0.39, 0.29) is 0 Å². The summed E-state index contributed by atoms with van der Waals surface area (Å²) in [6.45, 7) is 10.7. The average Bonchev–Trinajstić information content (AvgIpc) is 2.95. The van der Waals surface area contributed by atoms with Gasteiger partial charge in [0.1, 0.15) is 17.2 Å². The van der Waals surface area contributed by atoms with Crippen LogP contribution in [0.3, 0.4) is 0 Å². The van der Waals surface area contributed by atoms with Gasteiger partial charge in [-0.2, -0.15) is 0 Å². The number of guanidine groups is 1. The van der Waals surface area contributed by atoms with Crippen LogP contribution in [-0.4, -0.2) is 71.8 Å². The van der Waals surface area contributed by atoms with Gasteiger partial charge in [-0.25, -0.2) is 14.8 Å². The number of amides is 1. The van der Waals surface area contributed by atoms with Crippen LogP contribution in [0, 0.1) is 0 Å². The van der Waals surface area contributed by atoms with E-state index < -0.39 is 11.7 Å². The van der Waals surface area contributed by atoms with Crippen LogP contribution in [-0.2, 0) is 11.3 Å². The van der Waals surface area contributed by atoms with E-state index in [9.17, 15) is 4.79 Å². The average molecular weight is 609 g/mol. The van der Waals surface area contributed by atoms with Gasteiger partial charge in [0.15, 0.2) is 0 Å². The molecule has 40 heavy (non-hydrogen) atoms. The van der Waals surface area contributed by atoms with Gasteiger partial charge in [0.05, 0.1) is 0 Å². The SMILES string of the molecule is CC(C)(C)OC(=O)/N=C(\NCCCN(Cc1ccc(Br)cc1)c1ccccn1)N1CCN(c2ccccn2)CC1. The van der Waals surface area contributed by atoms with Crippen LogP contribution in [0.25, 0.3) is 0 Å². The molecule has 1 aromatic carbocycles. The molecular weight excluding hydrogens is 570 g/mol. The van der Waals surface area contributed by atoms with Gasteiger partial charge in [0.25, 0.3) is 0 Å². The monoisotopic (exact) mass is 607 g/mol. The first-order chi connectivity index (χ1) is 19.3. The predicted octanol–water partition coefficient (Wildman–Crippen LogP) is 5.34. The van der Waals surface area contributed by atoms with Crippen LogP contribution in [0.5, 0.6) is 0 Å². The Balaban J connectivity index is 1.39. The number of hydrogen-bond donors (Lipinski definition) is 1. The van der Waals surface area contributed by atoms with Crippen molar-refractivity contribution in [2.45, 2.75) is 39.3 Å². The molecule has 0 radical (unpaired) electrons. The molecule has 9 nitrogen and oxygen atoms in total. The lowest BCUT2D eigenvalue weighted by Gasteiger charge is -2.37. The highest BCUT2D eigenvalue weighted by Gasteiger charge is 2.23. The molecule has 3 aromatic rings. The summed E-state index contributed by atoms with van der Waals surface area (Å²) < 4.78 is 6.55. The number of pyridine rings is 2. The van der Waals surface area contributed by atoms with E-state index in [4.69, 9.17) is 4.74 Å². The zero-order valence-electron chi connectivity index (χ0n) is 23.5. The van der Waals surface area contributed by atoms with Crippen molar-refractivity contribution in [3.63, 3.8) is 0 Å². The van der Waals surface area contributed by atoms with Crippen LogP contribution in [0.1, 0.15) is 32.8 Å². The molecule has 4 rings (SSSR count). The maximum atomic E-state index is 12.6. The quantitative estimate of drug-likeness (QED) is 0.209. The Hall–Kier alpha value is -3.66. The third-order valence-electron chi connectivity index (χ3n) is 6.29. The second-order valence-electron chi connectivity index (χ2n) is 10.6. The lowest BCUT2D eigenvalue weighted by molar-refractivity contribution is 0.0601. The maximum absolute atomic E-state index is 12.6. The number of aromatic nitrogens is 2. The Morgan fingerprint density at radius 3 is 2.33 bits per heavy atom. The predicted molar refractivity (Wildman–Crippen MR) is 164 cm³/mol. The lowest BCUT2D eigenvalue weighted by atomic mass is 10.2. The fraction of sp³-hybridized carbons (Fsp3) is 0.400. The Morgan fingerprint density at radius 1 is 1.00 bits per heavy atom. The second kappa shape index (κ2) is 14.1. The smallest absolute Gasteiger partial charge is 0.437 e. The molecule has 2 aromatic heterocycles. The van der Waals surface area contributed by atoms with Gasteiger partial charge >= 0.3 is 6.09 Å². The van der Waals surface area contributed by atoms with E-state index in [1.165, 1.54) is 5.56 Å². The molecule has 0 aliphatic carbocycles. The van der Waals surface area contributed by atoms with Gasteiger partial charge in [0.2, 0.25) is 5.96 Å². The number of ether oxygens (including phenoxy) is 1. The largest absolute Gasteiger partial charge is 0.442 e. The first kappa shape index (κ1) is 29.3. The summed E-state index contributed by atoms with van der Waals surface area (Å²) in [5.74, 6) is 2.44. The first-order valence-corrected chi connectivity index (χ1v) is 14.4. The van der Waals surface area contributed by atoms with E-state index in [1.807, 2.05) is 69.6 Å². The third kappa shape index (κ3) is 9.22. The summed E-state index contributed by atoms with van der Waals surface area (Å²) in [5.41, 5.74) is 0.597. The Morgan fingerprint density at radius 2 is 1.70 bits per heavy atom. The molecule has 1 amide bonds. The van der Waals surface area contributed by atoms with E-state index in [2.05, 4.69) is 75.2 Å². The summed E-state index contributed by atoms with van der Waals surface area (Å²) in [4.78, 5) is 32.6. The fourth-order valence-electron chi connectivity index (χ4n) is 4.38. The van der Waals surface area contributed by atoms with Gasteiger partial charge in [-0.05, 0) is 69.2 Å². The summed E-state index contributed by atoms with van der Waals surface area (Å²) in [6.07, 6.45) is 3.86. The molecule has 1 fully saturated rings. The van der Waals surface area contributed by atoms with Crippen molar-refractivity contribution in [2.24, 2.45) is 4.99 Å². The van der Waals surface area contributed by atoms with Gasteiger partial charge in [0, 0.05) is 62.7 Å². The molecule has 0 atom stereocenters. The standard InChI is InChI=1S/C30H38BrN7O2/c1-30(2,3)40-29(39)35-28(37-21-19-36(20-22-37)26-9-4-6-15-32-26)34-17-8-18-38(27-10-5-7-16-33-27)23-24-11-13-25(31)14-12-24/h4-7,9-16H,8,17-23H2,1-3H3,(H,34,35,39). The maximum Gasteiger partial charge on any atom is 0.437 e. The molecule has 0 saturated carbocycles. The molecule has 1 aliphatic rings. The zero-order chi connectivity index (χ0) is 28.4. The second-order valence-corrected chi connectivity index (χ2v) is 11.5. The minimum atomic E-state index is -0.612. The number of halogens is 1. The summed E-state index contributed by atoms with van der Waals surface area (Å²) in [6, 6.07) is 20.2. The van der Waals surface area contributed by atoms with Crippen LogP contribution in [0.2, 0.25) is 0 Å². The fourth-order valence-corrected chi connectivity index (χ4v) is 4.64. The van der Waals surface area contributed by atoms with E-state index in [0.717, 1.165) is 61.8 Å². The third-order valence-corrected chi connectivity index (χ3v) is 6.82. The molecule has 212 valence electrons. The van der Waals surface area contributed by atoms with Crippen molar-refractivity contribution >= 4 is 39.6 Å². The normalized spacial score (nSPS) is 14.2. The summed E-state index contributed by atoms with van der Waals surface area (Å²) in [7, 11) is 0. The van der Waals surface area contributed by atoms with Crippen LogP contribution >= 0.6 is 15.9 Å². The van der Waals surface area contributed by atoms with Crippen LogP contribution in [0.4, 0.5) is 16.4 Å². The van der Waals surface area contributed by atoms with Crippen LogP contribution < -0.4 is 15.1 Å². The highest BCUT2D eigenvalue weighted by Crippen LogP contribution is 2.17. The minimum absolute atomic E-state index is 0.548. The molecule has 1 N–H and O–H groups in total. The molecule has 10 heteroatoms. The molecule has 0 spiro atoms. The number of piperazine rings is 1. The highest BCUT2D eigenvalue weighted by molar-refractivity contribution is 9.10. The number of hydrogen-bond acceptors (Lipinski definition) is 6. The van der Waals surface area contributed by atoms with Crippen molar-refractivity contribution in [3.8, 4) is 0 Å². The number of rotatable bonds is 8. The van der Waals surface area contributed by atoms with Crippen molar-refractivity contribution in [1.82, 2.24) is 20.2 Å². The van der Waals surface area contributed by atoms with E-state index >= 15 is 0 Å². The lowest BCUT2D eigenvalue weighted by Crippen LogP contribution is -2.53. The Kier molecular flexibility index (Phi) is 10.3. The molecule has 0 unspecified atom stereocenters. The number of aliphatic imine (C=N–C) groups is 1. The molecule has 3 heterocycles. The van der Waals surface area contributed by atoms with Crippen LogP contribution in [0.15, 0.2) is 82.5 Å². The number of carbonyl (C=O) groups excluding carboxylic acids is 1. The van der Waals surface area contributed by atoms with Gasteiger partial charge < -0.3 is 24.8 Å². The van der Waals surface area contributed by atoms with Crippen molar-refractivity contribution in [2.75, 3.05) is 49.1 Å². The number of nitrogens with one attached hydrogen (secondary N) is 1. The Bertz CT molecular complexity index is 1230. The molecule has 0 bridgehead atoms. The zero-order valence-corrected chi connectivity index (χ0v) is 25.0. The first-order valence-electron chi connectivity index (χ1n) is 13.6. The van der Waals surface area contributed by atoms with Gasteiger partial charge in [-0.1, -0.05) is 40.2 Å². The number of benzene rings is 1. The van der Waals surface area contributed by atoms with Crippen molar-refractivity contribution < 1.29 is 9.53 Å². The highest BCUT2D eigenvalue weighted by atomic mass is 79.9. The van der Waals surface area contributed by atoms with E-state index in [1.54, 1.807) is 0 Å². The van der Waals surface area contributed by atoms with E-state index in [0.29, 0.717) is 12.5 Å². The molecular formula is C30H38BrN7O2. The minimum Gasteiger partial charge on any atom is -0.442 e. The summed E-state index contributed by atoms with van der Waals surface area (Å²) in [5, 5.41) is 3.43. The van der Waals surface area contributed by atoms with Gasteiger partial charge in [-0.3, -0.25) is 0 Å². The molecule has 1 saturated heterocycles. The topological polar surface area (TPSA) is 86.2 Å². The van der Waals surface area contributed by atoms with Gasteiger partial charge in [-0.15, -0.1) is 4.99 Å². The van der Waals surface area contributed by atoms with Crippen molar-refractivity contribution in [3.05, 3.63) is 83.1 Å². The number of anilines is 2. The van der Waals surface area contributed by atoms with Crippen molar-refractivity contribution in [1.29, 1.82) is 0 Å². The summed E-state index contributed by atoms with van der Waals surface area (Å²) >= 11 is 3.51. The Labute approximate surface area is 245 Å². The number of carbonyl (C=O) groups is 1. The number of nitrogens with zero attached hydrogens (tertiary/aromatic N) is 6.